The molecule has 0 heterocycles. The molecule has 0 bridgehead atoms. The monoisotopic (exact) mass is 289 g/mol. The number of nitrogens with one attached hydrogen (secondary N) is 1. The van der Waals surface area contributed by atoms with Gasteiger partial charge in [0.1, 0.15) is 12.4 Å². The van der Waals surface area contributed by atoms with E-state index >= 15 is 0 Å². The summed E-state index contributed by atoms with van der Waals surface area (Å²) in [4.78, 5) is 0. The van der Waals surface area contributed by atoms with Gasteiger partial charge in [-0.15, -0.1) is 0 Å². The second-order valence-electron chi connectivity index (χ2n) is 6.67. The Kier molecular flexibility index (Phi) is 6.56. The van der Waals surface area contributed by atoms with Gasteiger partial charge in [0.15, 0.2) is 0 Å². The molecule has 2 rings (SSSR count). The Hall–Kier alpha value is -1.02. The molecule has 2 heteroatoms. The molecule has 1 aliphatic carbocycles. The lowest BCUT2D eigenvalue weighted by Gasteiger charge is -2.22. The highest BCUT2D eigenvalue weighted by Gasteiger charge is 2.19. The van der Waals surface area contributed by atoms with E-state index in [1.54, 1.807) is 0 Å². The van der Waals surface area contributed by atoms with Crippen LogP contribution in [0.2, 0.25) is 0 Å². The highest BCUT2D eigenvalue weighted by molar-refractivity contribution is 5.26. The number of benzene rings is 1. The molecule has 118 valence electrons. The van der Waals surface area contributed by atoms with Crippen LogP contribution in [0.15, 0.2) is 24.3 Å². The molecule has 1 aromatic rings. The highest BCUT2D eigenvalue weighted by atomic mass is 16.5. The number of hydrogen-bond acceptors (Lipinski definition) is 2. The average Bonchev–Trinajstić information content (AvgIpc) is 2.72. The summed E-state index contributed by atoms with van der Waals surface area (Å²) in [7, 11) is 0. The fraction of sp³-hybridized carbons (Fsp3) is 0.684. The van der Waals surface area contributed by atoms with Gasteiger partial charge in [0.05, 0.1) is 0 Å². The zero-order chi connectivity index (χ0) is 15.1. The second-order valence-corrected chi connectivity index (χ2v) is 6.67. The zero-order valence-electron chi connectivity index (χ0n) is 13.9. The summed E-state index contributed by atoms with van der Waals surface area (Å²) in [6.07, 6.45) is 8.18. The molecule has 1 aliphatic rings. The van der Waals surface area contributed by atoms with Crippen molar-refractivity contribution in [3.05, 3.63) is 29.8 Å². The lowest BCUT2D eigenvalue weighted by atomic mass is 9.98. The number of rotatable bonds is 6. The molecule has 3 atom stereocenters. The minimum absolute atomic E-state index is 0.412. The number of ether oxygens (including phenoxy) is 1. The summed E-state index contributed by atoms with van der Waals surface area (Å²) >= 11 is 0. The SMILES string of the molecule is CCC1CCCC(NC(C)COc2ccc(C)cc2)CC1. The first-order valence-corrected chi connectivity index (χ1v) is 8.63. The largest absolute Gasteiger partial charge is 0.492 e. The number of aryl methyl sites for hydroxylation is 1. The first kappa shape index (κ1) is 16.4. The molecule has 1 saturated carbocycles. The van der Waals surface area contributed by atoms with Crippen molar-refractivity contribution in [2.75, 3.05) is 6.61 Å². The van der Waals surface area contributed by atoms with Crippen molar-refractivity contribution in [3.63, 3.8) is 0 Å². The van der Waals surface area contributed by atoms with E-state index in [1.165, 1.54) is 44.1 Å². The van der Waals surface area contributed by atoms with E-state index in [0.29, 0.717) is 12.1 Å². The molecule has 21 heavy (non-hydrogen) atoms. The quantitative estimate of drug-likeness (QED) is 0.766. The summed E-state index contributed by atoms with van der Waals surface area (Å²) < 4.78 is 5.88. The van der Waals surface area contributed by atoms with Crippen LogP contribution in [0.1, 0.15) is 57.9 Å². The molecule has 0 radical (unpaired) electrons. The molecular formula is C19H31NO. The molecule has 0 saturated heterocycles. The minimum Gasteiger partial charge on any atom is -0.492 e. The molecule has 0 amide bonds. The third kappa shape index (κ3) is 5.70. The van der Waals surface area contributed by atoms with Gasteiger partial charge in [-0.3, -0.25) is 0 Å². The smallest absolute Gasteiger partial charge is 0.119 e. The van der Waals surface area contributed by atoms with Crippen molar-refractivity contribution in [1.29, 1.82) is 0 Å². The minimum atomic E-state index is 0.412. The van der Waals surface area contributed by atoms with Crippen molar-refractivity contribution < 1.29 is 4.74 Å². The van der Waals surface area contributed by atoms with Crippen LogP contribution in [0, 0.1) is 12.8 Å². The van der Waals surface area contributed by atoms with Crippen LogP contribution >= 0.6 is 0 Å². The molecule has 2 nitrogen and oxygen atoms in total. The standard InChI is InChI=1S/C19H31NO/c1-4-17-6-5-7-18(11-10-17)20-16(3)14-21-19-12-8-15(2)9-13-19/h8-9,12-13,16-18,20H,4-7,10-11,14H2,1-3H3. The lowest BCUT2D eigenvalue weighted by molar-refractivity contribution is 0.255. The Morgan fingerprint density at radius 1 is 1.14 bits per heavy atom. The maximum absolute atomic E-state index is 5.88. The van der Waals surface area contributed by atoms with Crippen molar-refractivity contribution >= 4 is 0 Å². The number of hydrogen-bond donors (Lipinski definition) is 1. The third-order valence-electron chi connectivity index (χ3n) is 4.71. The van der Waals surface area contributed by atoms with Crippen LogP contribution < -0.4 is 10.1 Å². The van der Waals surface area contributed by atoms with Gasteiger partial charge in [0, 0.05) is 12.1 Å². The lowest BCUT2D eigenvalue weighted by Crippen LogP contribution is -2.39. The van der Waals surface area contributed by atoms with Gasteiger partial charge in [0.2, 0.25) is 0 Å². The van der Waals surface area contributed by atoms with Crippen molar-refractivity contribution in [2.24, 2.45) is 5.92 Å². The summed E-state index contributed by atoms with van der Waals surface area (Å²) in [5.41, 5.74) is 1.28. The van der Waals surface area contributed by atoms with Crippen molar-refractivity contribution in [3.8, 4) is 5.75 Å². The molecule has 3 unspecified atom stereocenters. The van der Waals surface area contributed by atoms with Crippen LogP contribution in [-0.4, -0.2) is 18.7 Å². The Labute approximate surface area is 130 Å². The fourth-order valence-electron chi connectivity index (χ4n) is 3.26. The van der Waals surface area contributed by atoms with E-state index in [0.717, 1.165) is 18.3 Å². The maximum Gasteiger partial charge on any atom is 0.119 e. The molecule has 0 aliphatic heterocycles. The second kappa shape index (κ2) is 8.43. The van der Waals surface area contributed by atoms with Crippen LogP contribution in [0.25, 0.3) is 0 Å². The van der Waals surface area contributed by atoms with Gasteiger partial charge in [-0.2, -0.15) is 0 Å². The summed E-state index contributed by atoms with van der Waals surface area (Å²) in [6, 6.07) is 9.40. The van der Waals surface area contributed by atoms with Gasteiger partial charge in [0.25, 0.3) is 0 Å². The molecular weight excluding hydrogens is 258 g/mol. The fourth-order valence-corrected chi connectivity index (χ4v) is 3.26. The average molecular weight is 289 g/mol. The van der Waals surface area contributed by atoms with Crippen LogP contribution in [0.5, 0.6) is 5.75 Å². The van der Waals surface area contributed by atoms with E-state index < -0.39 is 0 Å². The van der Waals surface area contributed by atoms with E-state index in [4.69, 9.17) is 4.74 Å². The first-order chi connectivity index (χ1) is 10.2. The molecule has 1 aromatic carbocycles. The van der Waals surface area contributed by atoms with E-state index in [2.05, 4.69) is 50.4 Å². The molecule has 1 fully saturated rings. The van der Waals surface area contributed by atoms with Crippen LogP contribution in [-0.2, 0) is 0 Å². The Bertz CT molecular complexity index is 401. The van der Waals surface area contributed by atoms with Gasteiger partial charge in [-0.25, -0.2) is 0 Å². The van der Waals surface area contributed by atoms with E-state index in [1.807, 2.05) is 0 Å². The van der Waals surface area contributed by atoms with Gasteiger partial charge in [-0.05, 0) is 51.2 Å². The third-order valence-corrected chi connectivity index (χ3v) is 4.71. The highest BCUT2D eigenvalue weighted by Crippen LogP contribution is 2.25. The first-order valence-electron chi connectivity index (χ1n) is 8.63. The van der Waals surface area contributed by atoms with E-state index in [-0.39, 0.29) is 0 Å². The predicted octanol–water partition coefficient (Wildman–Crippen LogP) is 4.71. The Morgan fingerprint density at radius 3 is 2.62 bits per heavy atom. The normalized spacial score (nSPS) is 24.3. The molecule has 1 N–H and O–H groups in total. The van der Waals surface area contributed by atoms with Crippen LogP contribution in [0.3, 0.4) is 0 Å². The summed E-state index contributed by atoms with van der Waals surface area (Å²) in [5.74, 6) is 1.93. The van der Waals surface area contributed by atoms with Gasteiger partial charge >= 0.3 is 0 Å². The Balaban J connectivity index is 1.71. The predicted molar refractivity (Wildman–Crippen MR) is 89.9 cm³/mol. The maximum atomic E-state index is 5.88. The van der Waals surface area contributed by atoms with Gasteiger partial charge in [-0.1, -0.05) is 43.9 Å². The van der Waals surface area contributed by atoms with E-state index in [9.17, 15) is 0 Å². The Morgan fingerprint density at radius 2 is 1.90 bits per heavy atom. The summed E-state index contributed by atoms with van der Waals surface area (Å²) in [5, 5.41) is 3.76. The molecule has 0 aromatic heterocycles. The zero-order valence-corrected chi connectivity index (χ0v) is 13.9. The molecule has 0 spiro atoms. The van der Waals surface area contributed by atoms with Crippen molar-refractivity contribution in [2.45, 2.75) is 71.4 Å². The van der Waals surface area contributed by atoms with Crippen LogP contribution in [0.4, 0.5) is 0 Å². The van der Waals surface area contributed by atoms with Crippen molar-refractivity contribution in [1.82, 2.24) is 5.32 Å². The summed E-state index contributed by atoms with van der Waals surface area (Å²) in [6.45, 7) is 7.41. The van der Waals surface area contributed by atoms with Gasteiger partial charge < -0.3 is 10.1 Å². The topological polar surface area (TPSA) is 21.3 Å².